The minimum absolute atomic E-state index is 0.0744. The summed E-state index contributed by atoms with van der Waals surface area (Å²) >= 11 is 0. The molecule has 1 aromatic carbocycles. The summed E-state index contributed by atoms with van der Waals surface area (Å²) in [6.45, 7) is 3.45. The summed E-state index contributed by atoms with van der Waals surface area (Å²) in [4.78, 5) is 26.8. The second-order valence-corrected chi connectivity index (χ2v) is 7.66. The lowest BCUT2D eigenvalue weighted by molar-refractivity contribution is -0.135. The quantitative estimate of drug-likeness (QED) is 0.913. The van der Waals surface area contributed by atoms with Crippen molar-refractivity contribution in [3.8, 4) is 0 Å². The second-order valence-electron chi connectivity index (χ2n) is 7.66. The van der Waals surface area contributed by atoms with Gasteiger partial charge in [-0.3, -0.25) is 9.59 Å². The molecule has 1 saturated heterocycles. The van der Waals surface area contributed by atoms with Crippen molar-refractivity contribution in [2.24, 2.45) is 5.92 Å². The van der Waals surface area contributed by atoms with Gasteiger partial charge in [-0.1, -0.05) is 49.1 Å². The Labute approximate surface area is 151 Å². The number of nitrogens with one attached hydrogen (secondary N) is 1. The molecular formula is C21H30N2O2. The highest BCUT2D eigenvalue weighted by atomic mass is 16.2. The van der Waals surface area contributed by atoms with Crippen LogP contribution in [0.3, 0.4) is 0 Å². The highest BCUT2D eigenvalue weighted by Gasteiger charge is 2.28. The van der Waals surface area contributed by atoms with E-state index in [1.165, 1.54) is 24.8 Å². The number of benzene rings is 1. The van der Waals surface area contributed by atoms with E-state index in [-0.39, 0.29) is 17.7 Å². The second kappa shape index (κ2) is 8.50. The number of likely N-dealkylation sites (tertiary alicyclic amines) is 1. The molecule has 1 N–H and O–H groups in total. The summed E-state index contributed by atoms with van der Waals surface area (Å²) in [5.41, 5.74) is 2.27. The molecule has 1 saturated carbocycles. The molecule has 25 heavy (non-hydrogen) atoms. The Bertz CT molecular complexity index is 582. The van der Waals surface area contributed by atoms with Gasteiger partial charge in [0.2, 0.25) is 11.8 Å². The van der Waals surface area contributed by atoms with Gasteiger partial charge in [-0.15, -0.1) is 0 Å². The van der Waals surface area contributed by atoms with Gasteiger partial charge in [0.15, 0.2) is 0 Å². The molecule has 0 atom stereocenters. The molecule has 1 aliphatic carbocycles. The van der Waals surface area contributed by atoms with Crippen LogP contribution in [0.1, 0.15) is 56.1 Å². The van der Waals surface area contributed by atoms with Gasteiger partial charge < -0.3 is 10.2 Å². The first-order chi connectivity index (χ1) is 12.1. The van der Waals surface area contributed by atoms with E-state index in [1.54, 1.807) is 0 Å². The number of carbonyl (C=O) groups excluding carboxylic acids is 2. The number of hydrogen-bond acceptors (Lipinski definition) is 2. The van der Waals surface area contributed by atoms with Gasteiger partial charge in [-0.05, 0) is 38.2 Å². The lowest BCUT2D eigenvalue weighted by Gasteiger charge is -2.33. The van der Waals surface area contributed by atoms with Crippen LogP contribution in [-0.2, 0) is 16.0 Å². The molecule has 4 heteroatoms. The van der Waals surface area contributed by atoms with Crippen LogP contribution in [0, 0.1) is 12.8 Å². The average Bonchev–Trinajstić information content (AvgIpc) is 2.64. The van der Waals surface area contributed by atoms with Crippen LogP contribution < -0.4 is 5.32 Å². The molecule has 0 bridgehead atoms. The van der Waals surface area contributed by atoms with Crippen LogP contribution >= 0.6 is 0 Å². The lowest BCUT2D eigenvalue weighted by atomic mass is 9.92. The number of carbonyl (C=O) groups is 2. The first-order valence-corrected chi connectivity index (χ1v) is 9.75. The van der Waals surface area contributed by atoms with Crippen molar-refractivity contribution in [1.82, 2.24) is 10.2 Å². The third-order valence-electron chi connectivity index (χ3n) is 5.65. The van der Waals surface area contributed by atoms with Gasteiger partial charge in [0, 0.05) is 25.0 Å². The first-order valence-electron chi connectivity index (χ1n) is 9.75. The number of piperidine rings is 1. The third kappa shape index (κ3) is 5.07. The van der Waals surface area contributed by atoms with E-state index in [1.807, 2.05) is 29.2 Å². The smallest absolute Gasteiger partial charge is 0.226 e. The van der Waals surface area contributed by atoms with Gasteiger partial charge >= 0.3 is 0 Å². The minimum atomic E-state index is 0.0744. The predicted molar refractivity (Wildman–Crippen MR) is 99.2 cm³/mol. The molecule has 2 amide bonds. The summed E-state index contributed by atoms with van der Waals surface area (Å²) in [6.07, 6.45) is 8.05. The van der Waals surface area contributed by atoms with Crippen molar-refractivity contribution in [2.45, 2.75) is 64.3 Å². The van der Waals surface area contributed by atoms with E-state index in [4.69, 9.17) is 0 Å². The Morgan fingerprint density at radius 1 is 1.00 bits per heavy atom. The van der Waals surface area contributed by atoms with Gasteiger partial charge in [0.05, 0.1) is 6.42 Å². The van der Waals surface area contributed by atoms with Gasteiger partial charge in [-0.25, -0.2) is 0 Å². The highest BCUT2D eigenvalue weighted by molar-refractivity contribution is 5.81. The molecule has 3 rings (SSSR count). The Hall–Kier alpha value is -1.84. The zero-order valence-corrected chi connectivity index (χ0v) is 15.3. The maximum Gasteiger partial charge on any atom is 0.226 e. The van der Waals surface area contributed by atoms with E-state index in [9.17, 15) is 9.59 Å². The van der Waals surface area contributed by atoms with Crippen molar-refractivity contribution < 1.29 is 9.59 Å². The van der Waals surface area contributed by atoms with Gasteiger partial charge in [0.1, 0.15) is 0 Å². The van der Waals surface area contributed by atoms with Crippen LogP contribution in [0.5, 0.6) is 0 Å². The van der Waals surface area contributed by atoms with Crippen LogP contribution in [0.4, 0.5) is 0 Å². The number of amides is 2. The maximum atomic E-state index is 12.5. The first kappa shape index (κ1) is 18.0. The van der Waals surface area contributed by atoms with Crippen molar-refractivity contribution in [3.05, 3.63) is 35.4 Å². The highest BCUT2D eigenvalue weighted by Crippen LogP contribution is 2.21. The fourth-order valence-electron chi connectivity index (χ4n) is 3.95. The molecule has 2 fully saturated rings. The van der Waals surface area contributed by atoms with Crippen LogP contribution in [0.25, 0.3) is 0 Å². The van der Waals surface area contributed by atoms with Crippen molar-refractivity contribution in [2.75, 3.05) is 13.1 Å². The SMILES string of the molecule is Cc1ccc(CC(=O)N2CCC(C(=O)NC3CCCCC3)CC2)cc1. The van der Waals surface area contributed by atoms with Crippen LogP contribution in [0.15, 0.2) is 24.3 Å². The zero-order valence-electron chi connectivity index (χ0n) is 15.3. The zero-order chi connectivity index (χ0) is 17.6. The molecule has 0 radical (unpaired) electrons. The number of hydrogen-bond donors (Lipinski definition) is 1. The van der Waals surface area contributed by atoms with E-state index >= 15 is 0 Å². The average molecular weight is 342 g/mol. The largest absolute Gasteiger partial charge is 0.353 e. The Morgan fingerprint density at radius 2 is 1.64 bits per heavy atom. The molecule has 1 heterocycles. The number of nitrogens with zero attached hydrogens (tertiary/aromatic N) is 1. The third-order valence-corrected chi connectivity index (χ3v) is 5.65. The monoisotopic (exact) mass is 342 g/mol. The molecule has 136 valence electrons. The molecule has 0 aromatic heterocycles. The Morgan fingerprint density at radius 3 is 2.28 bits per heavy atom. The summed E-state index contributed by atoms with van der Waals surface area (Å²) < 4.78 is 0. The van der Waals surface area contributed by atoms with E-state index < -0.39 is 0 Å². The molecule has 4 nitrogen and oxygen atoms in total. The fraction of sp³-hybridized carbons (Fsp3) is 0.619. The normalized spacial score (nSPS) is 19.6. The maximum absolute atomic E-state index is 12.5. The van der Waals surface area contributed by atoms with E-state index in [2.05, 4.69) is 12.2 Å². The summed E-state index contributed by atoms with van der Waals surface area (Å²) in [7, 11) is 0. The molecule has 1 aliphatic heterocycles. The van der Waals surface area contributed by atoms with E-state index in [0.717, 1.165) is 31.2 Å². The molecule has 0 spiro atoms. The summed E-state index contributed by atoms with van der Waals surface area (Å²) in [5.74, 6) is 0.456. The van der Waals surface area contributed by atoms with Crippen molar-refractivity contribution >= 4 is 11.8 Å². The minimum Gasteiger partial charge on any atom is -0.353 e. The fourth-order valence-corrected chi connectivity index (χ4v) is 3.95. The Balaban J connectivity index is 1.43. The molecule has 2 aliphatic rings. The topological polar surface area (TPSA) is 49.4 Å². The van der Waals surface area contributed by atoms with Crippen molar-refractivity contribution in [3.63, 3.8) is 0 Å². The van der Waals surface area contributed by atoms with Crippen LogP contribution in [-0.4, -0.2) is 35.8 Å². The van der Waals surface area contributed by atoms with Gasteiger partial charge in [-0.2, -0.15) is 0 Å². The molecule has 1 aromatic rings. The standard InChI is InChI=1S/C21H30N2O2/c1-16-7-9-17(10-8-16)15-20(24)23-13-11-18(12-14-23)21(25)22-19-5-3-2-4-6-19/h7-10,18-19H,2-6,11-15H2,1H3,(H,22,25). The number of aryl methyl sites for hydroxylation is 1. The molecular weight excluding hydrogens is 312 g/mol. The Kier molecular flexibility index (Phi) is 6.11. The van der Waals surface area contributed by atoms with Crippen LogP contribution in [0.2, 0.25) is 0 Å². The predicted octanol–water partition coefficient (Wildman–Crippen LogP) is 3.23. The molecule has 0 unspecified atom stereocenters. The van der Waals surface area contributed by atoms with Gasteiger partial charge in [0.25, 0.3) is 0 Å². The summed E-state index contributed by atoms with van der Waals surface area (Å²) in [5, 5.41) is 3.24. The number of rotatable bonds is 4. The lowest BCUT2D eigenvalue weighted by Crippen LogP contribution is -2.46. The summed E-state index contributed by atoms with van der Waals surface area (Å²) in [6, 6.07) is 8.52. The van der Waals surface area contributed by atoms with Crippen molar-refractivity contribution in [1.29, 1.82) is 0 Å². The van der Waals surface area contributed by atoms with E-state index in [0.29, 0.717) is 25.6 Å².